The summed E-state index contributed by atoms with van der Waals surface area (Å²) in [6.45, 7) is 1.44. The minimum absolute atomic E-state index is 0.0538. The predicted molar refractivity (Wildman–Crippen MR) is 92.8 cm³/mol. The molecular weight excluding hydrogens is 320 g/mol. The van der Waals surface area contributed by atoms with Gasteiger partial charge in [0.05, 0.1) is 0 Å². The van der Waals surface area contributed by atoms with Gasteiger partial charge in [-0.2, -0.15) is 5.26 Å². The minimum atomic E-state index is -1.05. The molecular formula is C19H22N2O4. The van der Waals surface area contributed by atoms with Crippen molar-refractivity contribution in [2.45, 2.75) is 51.2 Å². The fraction of sp³-hybridized carbons (Fsp3) is 0.421. The molecule has 0 radical (unpaired) electrons. The summed E-state index contributed by atoms with van der Waals surface area (Å²) in [6, 6.07) is 8.66. The minimum Gasteiger partial charge on any atom is -0.479 e. The Kier molecular flexibility index (Phi) is 6.58. The van der Waals surface area contributed by atoms with Crippen molar-refractivity contribution in [1.29, 1.82) is 5.26 Å². The van der Waals surface area contributed by atoms with Crippen LogP contribution in [0, 0.1) is 11.3 Å². The van der Waals surface area contributed by atoms with Crippen molar-refractivity contribution in [2.75, 3.05) is 0 Å². The highest BCUT2D eigenvalue weighted by atomic mass is 16.5. The lowest BCUT2D eigenvalue weighted by molar-refractivity contribution is -0.144. The first-order valence-electron chi connectivity index (χ1n) is 8.42. The molecule has 1 amide bonds. The van der Waals surface area contributed by atoms with E-state index in [4.69, 9.17) is 9.84 Å². The third kappa shape index (κ3) is 5.64. The highest BCUT2D eigenvalue weighted by Crippen LogP contribution is 2.19. The fourth-order valence-electron chi connectivity index (χ4n) is 2.72. The molecule has 0 heterocycles. The number of hydrogen-bond acceptors (Lipinski definition) is 4. The van der Waals surface area contributed by atoms with Crippen LogP contribution in [0.4, 0.5) is 0 Å². The van der Waals surface area contributed by atoms with Crippen molar-refractivity contribution in [3.05, 3.63) is 35.4 Å². The molecule has 1 aromatic carbocycles. The average Bonchev–Trinajstić information content (AvgIpc) is 2.61. The zero-order valence-corrected chi connectivity index (χ0v) is 14.2. The first kappa shape index (κ1) is 18.5. The number of aliphatic carboxylic acids is 1. The molecule has 0 bridgehead atoms. The van der Waals surface area contributed by atoms with Crippen LogP contribution in [0.3, 0.4) is 0 Å². The van der Waals surface area contributed by atoms with Gasteiger partial charge >= 0.3 is 5.97 Å². The summed E-state index contributed by atoms with van der Waals surface area (Å²) < 4.78 is 5.25. The molecule has 6 nitrogen and oxygen atoms in total. The Labute approximate surface area is 147 Å². The third-order valence-corrected chi connectivity index (χ3v) is 4.16. The summed E-state index contributed by atoms with van der Waals surface area (Å²) in [5, 5.41) is 21.0. The number of rotatable bonds is 6. The number of ether oxygens (including phenoxy) is 1. The maximum absolute atomic E-state index is 12.2. The van der Waals surface area contributed by atoms with E-state index in [9.17, 15) is 14.9 Å². The quantitative estimate of drug-likeness (QED) is 0.612. The van der Waals surface area contributed by atoms with Crippen LogP contribution in [-0.2, 0) is 9.59 Å². The second-order valence-corrected chi connectivity index (χ2v) is 6.15. The molecule has 2 rings (SSSR count). The van der Waals surface area contributed by atoms with Crippen LogP contribution >= 0.6 is 0 Å². The summed E-state index contributed by atoms with van der Waals surface area (Å²) in [5.41, 5.74) is 0.726. The van der Waals surface area contributed by atoms with E-state index in [-0.39, 0.29) is 17.5 Å². The molecule has 1 aromatic rings. The normalized spacial score (nSPS) is 16.6. The summed E-state index contributed by atoms with van der Waals surface area (Å²) in [6.07, 6.45) is 5.89. The standard InChI is InChI=1S/C19H22N2O4/c1-13(19(23)24)25-17-9-7-14(8-10-17)11-15(12-20)18(22)21-16-5-3-2-4-6-16/h7-11,13,16H,2-6H2,1H3,(H,21,22)(H,23,24)/b15-11+/t13-/m1/s1. The van der Waals surface area contributed by atoms with Gasteiger partial charge in [0, 0.05) is 6.04 Å². The first-order valence-corrected chi connectivity index (χ1v) is 8.42. The zero-order chi connectivity index (χ0) is 18.2. The van der Waals surface area contributed by atoms with Crippen LogP contribution in [0.1, 0.15) is 44.6 Å². The van der Waals surface area contributed by atoms with Crippen LogP contribution in [0.15, 0.2) is 29.8 Å². The molecule has 0 saturated heterocycles. The van der Waals surface area contributed by atoms with Gasteiger partial charge in [-0.1, -0.05) is 31.4 Å². The number of amides is 1. The number of carbonyl (C=O) groups is 2. The Morgan fingerprint density at radius 2 is 1.92 bits per heavy atom. The van der Waals surface area contributed by atoms with Crippen molar-refractivity contribution in [2.24, 2.45) is 0 Å². The Morgan fingerprint density at radius 1 is 1.28 bits per heavy atom. The van der Waals surface area contributed by atoms with Gasteiger partial charge < -0.3 is 15.2 Å². The highest BCUT2D eigenvalue weighted by Gasteiger charge is 2.18. The molecule has 0 aliphatic heterocycles. The Hall–Kier alpha value is -2.81. The van der Waals surface area contributed by atoms with Crippen LogP contribution in [0.5, 0.6) is 5.75 Å². The summed E-state index contributed by atoms with van der Waals surface area (Å²) in [5.74, 6) is -0.985. The lowest BCUT2D eigenvalue weighted by Gasteiger charge is -2.22. The Morgan fingerprint density at radius 3 is 2.48 bits per heavy atom. The summed E-state index contributed by atoms with van der Waals surface area (Å²) in [7, 11) is 0. The van der Waals surface area contributed by atoms with Gasteiger partial charge in [0.1, 0.15) is 17.4 Å². The van der Waals surface area contributed by atoms with Crippen molar-refractivity contribution < 1.29 is 19.4 Å². The SMILES string of the molecule is C[C@@H](Oc1ccc(/C=C(\C#N)C(=O)NC2CCCCC2)cc1)C(=O)O. The molecule has 0 aromatic heterocycles. The van der Waals surface area contributed by atoms with Crippen molar-refractivity contribution >= 4 is 18.0 Å². The van der Waals surface area contributed by atoms with Gasteiger partial charge in [0.2, 0.25) is 0 Å². The van der Waals surface area contributed by atoms with Gasteiger partial charge in [-0.3, -0.25) is 4.79 Å². The number of hydrogen-bond donors (Lipinski definition) is 2. The zero-order valence-electron chi connectivity index (χ0n) is 14.2. The maximum Gasteiger partial charge on any atom is 0.344 e. The van der Waals surface area contributed by atoms with Crippen molar-refractivity contribution in [3.63, 3.8) is 0 Å². The number of nitrogens with zero attached hydrogens (tertiary/aromatic N) is 1. The smallest absolute Gasteiger partial charge is 0.344 e. The lowest BCUT2D eigenvalue weighted by Crippen LogP contribution is -2.36. The molecule has 1 aliphatic rings. The Balaban J connectivity index is 2.01. The summed E-state index contributed by atoms with van der Waals surface area (Å²) >= 11 is 0. The topological polar surface area (TPSA) is 99.4 Å². The molecule has 1 fully saturated rings. The molecule has 1 aliphatic carbocycles. The third-order valence-electron chi connectivity index (χ3n) is 4.16. The van der Waals surface area contributed by atoms with Crippen LogP contribution in [0.25, 0.3) is 6.08 Å². The molecule has 0 spiro atoms. The van der Waals surface area contributed by atoms with Gasteiger partial charge in [-0.15, -0.1) is 0 Å². The number of benzene rings is 1. The number of carboxylic acids is 1. The van der Waals surface area contributed by atoms with Crippen LogP contribution < -0.4 is 10.1 Å². The van der Waals surface area contributed by atoms with E-state index >= 15 is 0 Å². The second-order valence-electron chi connectivity index (χ2n) is 6.15. The number of nitriles is 1. The van der Waals surface area contributed by atoms with Crippen LogP contribution in [-0.4, -0.2) is 29.1 Å². The average molecular weight is 342 g/mol. The van der Waals surface area contributed by atoms with E-state index in [1.807, 2.05) is 6.07 Å². The molecule has 1 saturated carbocycles. The van der Waals surface area contributed by atoms with E-state index in [2.05, 4.69) is 5.32 Å². The van der Waals surface area contributed by atoms with Gasteiger partial charge in [-0.25, -0.2) is 4.79 Å². The molecule has 0 unspecified atom stereocenters. The monoisotopic (exact) mass is 342 g/mol. The number of carbonyl (C=O) groups excluding carboxylic acids is 1. The lowest BCUT2D eigenvalue weighted by atomic mass is 9.95. The van der Waals surface area contributed by atoms with Gasteiger partial charge in [0.25, 0.3) is 5.91 Å². The number of nitrogens with one attached hydrogen (secondary N) is 1. The first-order chi connectivity index (χ1) is 12.0. The molecule has 25 heavy (non-hydrogen) atoms. The molecule has 6 heteroatoms. The number of carboxylic acid groups (broad SMARTS) is 1. The molecule has 1 atom stereocenters. The molecule has 132 valence electrons. The highest BCUT2D eigenvalue weighted by molar-refractivity contribution is 6.01. The second kappa shape index (κ2) is 8.88. The van der Waals surface area contributed by atoms with Crippen LogP contribution in [0.2, 0.25) is 0 Å². The van der Waals surface area contributed by atoms with Crippen molar-refractivity contribution in [3.8, 4) is 11.8 Å². The fourth-order valence-corrected chi connectivity index (χ4v) is 2.72. The summed E-state index contributed by atoms with van der Waals surface area (Å²) in [4.78, 5) is 23.0. The largest absolute Gasteiger partial charge is 0.479 e. The Bertz CT molecular complexity index is 682. The van der Waals surface area contributed by atoms with E-state index < -0.39 is 12.1 Å². The van der Waals surface area contributed by atoms with E-state index in [0.29, 0.717) is 11.3 Å². The van der Waals surface area contributed by atoms with E-state index in [1.165, 1.54) is 19.4 Å². The van der Waals surface area contributed by atoms with Gasteiger partial charge in [-0.05, 0) is 43.5 Å². The molecule has 2 N–H and O–H groups in total. The van der Waals surface area contributed by atoms with Gasteiger partial charge in [0.15, 0.2) is 6.10 Å². The maximum atomic E-state index is 12.2. The van der Waals surface area contributed by atoms with E-state index in [0.717, 1.165) is 25.7 Å². The van der Waals surface area contributed by atoms with E-state index in [1.54, 1.807) is 24.3 Å². The predicted octanol–water partition coefficient (Wildman–Crippen LogP) is 2.89. The van der Waals surface area contributed by atoms with Crippen molar-refractivity contribution in [1.82, 2.24) is 5.32 Å².